The summed E-state index contributed by atoms with van der Waals surface area (Å²) in [6.07, 6.45) is 10.5. The Balaban J connectivity index is 1.05. The highest BCUT2D eigenvalue weighted by Crippen LogP contribution is 2.54. The Hall–Kier alpha value is -10.3. The fourth-order valence-electron chi connectivity index (χ4n) is 9.52. The molecule has 76 heavy (non-hydrogen) atoms. The summed E-state index contributed by atoms with van der Waals surface area (Å²) in [5.74, 6) is 4.11. The third kappa shape index (κ3) is 8.30. The standard InChI is InChI=1S/C62H38N12OS/c1-5-23-53-49(19-1)73(50-20-2-6-24-54(50)75-53)45-33-41(31-43(35-45)59-67-57(39-15-13-27-63-37-39)69-61(71-59)47-17-9-11-29-65-47)42-32-44(36-46(34-42)74-51-21-3-7-25-55(51)76-56-26-8-4-22-52(56)74)60-68-58(40-16-14-28-64-38-40)70-62(72-60)48-18-10-12-30-66-48/h1-38H. The predicted molar refractivity (Wildman–Crippen MR) is 296 cm³/mol. The lowest BCUT2D eigenvalue weighted by Gasteiger charge is -2.34. The lowest BCUT2D eigenvalue weighted by molar-refractivity contribution is 0.477. The molecule has 0 saturated heterocycles. The Labute approximate surface area is 440 Å². The van der Waals surface area contributed by atoms with Crippen LogP contribution in [0.5, 0.6) is 11.5 Å². The smallest absolute Gasteiger partial charge is 0.182 e. The van der Waals surface area contributed by atoms with Crippen LogP contribution in [-0.2, 0) is 0 Å². The molecule has 14 rings (SSSR count). The second-order valence-corrected chi connectivity index (χ2v) is 18.9. The first kappa shape index (κ1) is 44.4. The van der Waals surface area contributed by atoms with Gasteiger partial charge in [0.2, 0.25) is 0 Å². The first-order valence-corrected chi connectivity index (χ1v) is 25.2. The molecule has 0 spiro atoms. The number of para-hydroxylation sites is 6. The molecule has 2 aliphatic heterocycles. The van der Waals surface area contributed by atoms with Crippen molar-refractivity contribution in [3.05, 3.63) is 231 Å². The first-order valence-electron chi connectivity index (χ1n) is 24.4. The van der Waals surface area contributed by atoms with Crippen LogP contribution in [0.1, 0.15) is 0 Å². The van der Waals surface area contributed by atoms with Crippen LogP contribution in [0.4, 0.5) is 34.1 Å². The van der Waals surface area contributed by atoms with Gasteiger partial charge in [-0.25, -0.2) is 29.9 Å². The molecule has 14 heteroatoms. The molecular formula is C62H38N12OS. The van der Waals surface area contributed by atoms with Gasteiger partial charge in [-0.1, -0.05) is 72.4 Å². The molecule has 12 aromatic rings. The molecule has 6 aromatic heterocycles. The number of rotatable bonds is 9. The van der Waals surface area contributed by atoms with Crippen LogP contribution in [0, 0.1) is 0 Å². The van der Waals surface area contributed by atoms with E-state index in [4.69, 9.17) is 34.6 Å². The second-order valence-electron chi connectivity index (χ2n) is 17.8. The van der Waals surface area contributed by atoms with Crippen molar-refractivity contribution in [2.24, 2.45) is 0 Å². The van der Waals surface area contributed by atoms with Gasteiger partial charge in [0.1, 0.15) is 11.4 Å². The van der Waals surface area contributed by atoms with E-state index in [1.54, 1.807) is 48.9 Å². The maximum atomic E-state index is 6.55. The monoisotopic (exact) mass is 998 g/mol. The highest BCUT2D eigenvalue weighted by Gasteiger charge is 2.29. The molecule has 8 heterocycles. The van der Waals surface area contributed by atoms with Gasteiger partial charge in [-0.3, -0.25) is 19.9 Å². The van der Waals surface area contributed by atoms with Gasteiger partial charge in [-0.15, -0.1) is 0 Å². The molecule has 0 atom stereocenters. The van der Waals surface area contributed by atoms with Crippen LogP contribution < -0.4 is 14.5 Å². The number of hydrogen-bond donors (Lipinski definition) is 0. The lowest BCUT2D eigenvalue weighted by Crippen LogP contribution is -2.16. The number of ether oxygens (including phenoxy) is 1. The summed E-state index contributed by atoms with van der Waals surface area (Å²) in [6.45, 7) is 0. The van der Waals surface area contributed by atoms with Crippen LogP contribution in [0.15, 0.2) is 241 Å². The Morgan fingerprint density at radius 3 is 1.16 bits per heavy atom. The molecule has 13 nitrogen and oxygen atoms in total. The zero-order chi connectivity index (χ0) is 50.4. The van der Waals surface area contributed by atoms with Crippen molar-refractivity contribution in [1.82, 2.24) is 49.8 Å². The summed E-state index contributed by atoms with van der Waals surface area (Å²) in [5, 5.41) is 0. The van der Waals surface area contributed by atoms with Crippen LogP contribution in [0.2, 0.25) is 0 Å². The number of aromatic nitrogens is 10. The van der Waals surface area contributed by atoms with E-state index >= 15 is 0 Å². The normalized spacial score (nSPS) is 12.2. The average molecular weight is 999 g/mol. The third-order valence-electron chi connectivity index (χ3n) is 13.0. The van der Waals surface area contributed by atoms with Gasteiger partial charge in [-0.05, 0) is 145 Å². The summed E-state index contributed by atoms with van der Waals surface area (Å²) in [7, 11) is 0. The van der Waals surface area contributed by atoms with E-state index in [1.807, 2.05) is 97.1 Å². The van der Waals surface area contributed by atoms with E-state index < -0.39 is 0 Å². The minimum Gasteiger partial charge on any atom is -0.453 e. The van der Waals surface area contributed by atoms with Gasteiger partial charge in [0.05, 0.1) is 22.7 Å². The number of anilines is 6. The van der Waals surface area contributed by atoms with Crippen LogP contribution >= 0.6 is 11.8 Å². The number of pyridine rings is 4. The van der Waals surface area contributed by atoms with Crippen molar-refractivity contribution in [2.45, 2.75) is 9.79 Å². The molecule has 358 valence electrons. The summed E-state index contributed by atoms with van der Waals surface area (Å²) >= 11 is 1.76. The number of nitrogens with zero attached hydrogens (tertiary/aromatic N) is 12. The van der Waals surface area contributed by atoms with Crippen molar-refractivity contribution in [3.8, 4) is 91.2 Å². The Bertz CT molecular complexity index is 3680. The van der Waals surface area contributed by atoms with E-state index in [9.17, 15) is 0 Å². The average Bonchev–Trinajstić information content (AvgIpc) is 3.55. The molecule has 0 amide bonds. The second kappa shape index (κ2) is 18.9. The fraction of sp³-hybridized carbons (Fsp3) is 0. The topological polar surface area (TPSA) is 145 Å². The predicted octanol–water partition coefficient (Wildman–Crippen LogP) is 14.8. The SMILES string of the molecule is c1ccc(-c2nc(-c3cccnc3)nc(-c3cc(-c4cc(-c5nc(-c6cccnc6)nc(-c6ccccn6)n5)cc(N5c6ccccc6Sc6ccccc65)c4)cc(N4c5ccccc5Oc5ccccc54)c3)n2)nc1. The maximum absolute atomic E-state index is 6.55. The van der Waals surface area contributed by atoms with Crippen molar-refractivity contribution in [2.75, 3.05) is 9.80 Å². The number of hydrogen-bond acceptors (Lipinski definition) is 14. The molecule has 0 unspecified atom stereocenters. The van der Waals surface area contributed by atoms with Crippen molar-refractivity contribution in [1.29, 1.82) is 0 Å². The van der Waals surface area contributed by atoms with Gasteiger partial charge in [0, 0.05) is 80.6 Å². The van der Waals surface area contributed by atoms with E-state index in [0.717, 1.165) is 88.8 Å². The van der Waals surface area contributed by atoms with Crippen molar-refractivity contribution in [3.63, 3.8) is 0 Å². The van der Waals surface area contributed by atoms with Gasteiger partial charge in [0.15, 0.2) is 46.4 Å². The molecule has 0 radical (unpaired) electrons. The molecule has 0 saturated carbocycles. The Morgan fingerprint density at radius 1 is 0.316 bits per heavy atom. The van der Waals surface area contributed by atoms with Gasteiger partial charge in [-0.2, -0.15) is 0 Å². The largest absolute Gasteiger partial charge is 0.453 e. The molecule has 2 aliphatic rings. The Kier molecular flexibility index (Phi) is 11.1. The van der Waals surface area contributed by atoms with Gasteiger partial charge >= 0.3 is 0 Å². The zero-order valence-corrected chi connectivity index (χ0v) is 40.9. The molecular weight excluding hydrogens is 961 g/mol. The van der Waals surface area contributed by atoms with E-state index in [1.165, 1.54) is 0 Å². The first-order chi connectivity index (χ1) is 37.6. The van der Waals surface area contributed by atoms with Gasteiger partial charge < -0.3 is 14.5 Å². The maximum Gasteiger partial charge on any atom is 0.182 e. The molecule has 0 fully saturated rings. The molecule has 0 bridgehead atoms. The summed E-state index contributed by atoms with van der Waals surface area (Å²) < 4.78 is 6.55. The zero-order valence-electron chi connectivity index (χ0n) is 40.1. The van der Waals surface area contributed by atoms with Gasteiger partial charge in [0.25, 0.3) is 0 Å². The van der Waals surface area contributed by atoms with Crippen LogP contribution in [0.25, 0.3) is 79.7 Å². The minimum absolute atomic E-state index is 0.422. The third-order valence-corrected chi connectivity index (χ3v) is 14.1. The van der Waals surface area contributed by atoms with Crippen molar-refractivity contribution < 1.29 is 4.74 Å². The van der Waals surface area contributed by atoms with E-state index in [-0.39, 0.29) is 0 Å². The highest BCUT2D eigenvalue weighted by molar-refractivity contribution is 7.99. The summed E-state index contributed by atoms with van der Waals surface area (Å²) in [6, 6.07) is 65.2. The Morgan fingerprint density at radius 2 is 0.711 bits per heavy atom. The van der Waals surface area contributed by atoms with E-state index in [0.29, 0.717) is 46.3 Å². The summed E-state index contributed by atoms with van der Waals surface area (Å²) in [5.41, 5.74) is 11.5. The quantitative estimate of drug-likeness (QED) is 0.135. The fourth-order valence-corrected chi connectivity index (χ4v) is 10.6. The highest BCUT2D eigenvalue weighted by atomic mass is 32.2. The number of benzene rings is 6. The molecule has 0 aliphatic carbocycles. The van der Waals surface area contributed by atoms with Crippen molar-refractivity contribution >= 4 is 45.9 Å². The summed E-state index contributed by atoms with van der Waals surface area (Å²) in [4.78, 5) is 55.8. The van der Waals surface area contributed by atoms with Crippen LogP contribution in [0.3, 0.4) is 0 Å². The minimum atomic E-state index is 0.422. The van der Waals surface area contributed by atoms with E-state index in [2.05, 4.69) is 127 Å². The van der Waals surface area contributed by atoms with Crippen LogP contribution in [-0.4, -0.2) is 49.8 Å². The molecule has 6 aromatic carbocycles. The lowest BCUT2D eigenvalue weighted by atomic mass is 9.97. The molecule has 0 N–H and O–H groups in total. The number of fused-ring (bicyclic) bond motifs is 4.